The Bertz CT molecular complexity index is 939. The molecule has 0 aliphatic rings. The molecule has 0 aliphatic heterocycles. The van der Waals surface area contributed by atoms with Crippen LogP contribution in [0.25, 0.3) is 0 Å². The van der Waals surface area contributed by atoms with E-state index in [2.05, 4.69) is 72.6 Å². The molecule has 4 heteroatoms. The summed E-state index contributed by atoms with van der Waals surface area (Å²) in [6, 6.07) is 23.4. The zero-order valence-electron chi connectivity index (χ0n) is 16.6. The first-order valence-electron chi connectivity index (χ1n) is 9.28. The lowest BCUT2D eigenvalue weighted by Crippen LogP contribution is -2.15. The zero-order valence-corrected chi connectivity index (χ0v) is 17.6. The third-order valence-corrected chi connectivity index (χ3v) is 5.79. The van der Waals surface area contributed by atoms with Gasteiger partial charge in [0, 0.05) is 37.7 Å². The molecule has 3 nitrogen and oxygen atoms in total. The molecule has 144 valence electrons. The first-order valence-corrected chi connectivity index (χ1v) is 10.3. The van der Waals surface area contributed by atoms with Crippen LogP contribution in [-0.4, -0.2) is 27.2 Å². The maximum absolute atomic E-state index is 6.04. The average Bonchev–Trinajstić information content (AvgIpc) is 2.70. The van der Waals surface area contributed by atoms with Gasteiger partial charge in [-0.3, -0.25) is 4.99 Å². The van der Waals surface area contributed by atoms with Gasteiger partial charge in [-0.1, -0.05) is 74.8 Å². The van der Waals surface area contributed by atoms with Crippen molar-refractivity contribution in [2.24, 2.45) is 4.99 Å². The fourth-order valence-electron chi connectivity index (χ4n) is 3.11. The van der Waals surface area contributed by atoms with Gasteiger partial charge >= 0.3 is 0 Å². The lowest BCUT2D eigenvalue weighted by atomic mass is 10.0. The molecule has 0 fully saturated rings. The van der Waals surface area contributed by atoms with Crippen molar-refractivity contribution in [2.45, 2.75) is 13.3 Å². The van der Waals surface area contributed by atoms with Crippen molar-refractivity contribution in [1.29, 1.82) is 0 Å². The summed E-state index contributed by atoms with van der Waals surface area (Å²) in [6.45, 7) is 2.34. The molecule has 3 rings (SSSR count). The monoisotopic (exact) mass is 391 g/mol. The molecule has 1 unspecified atom stereocenters. The molecule has 0 N–H and O–H groups in total. The topological polar surface area (TPSA) is 30.8 Å². The minimum Gasteiger partial charge on any atom is -0.467 e. The second-order valence-corrected chi connectivity index (χ2v) is 7.94. The normalized spacial score (nSPS) is 11.5. The van der Waals surface area contributed by atoms with Gasteiger partial charge in [0.05, 0.1) is 0 Å². The first-order chi connectivity index (χ1) is 13.7. The number of nitrogens with zero attached hydrogens (tertiary/aromatic N) is 1. The Morgan fingerprint density at radius 2 is 1.79 bits per heavy atom. The highest BCUT2D eigenvalue weighted by Crippen LogP contribution is 2.27. The van der Waals surface area contributed by atoms with E-state index in [0.717, 1.165) is 17.7 Å². The SMILES string of the molecule is CN=Cc1cc(C)ccc1Pc1cccc(Cc2ccccc2)c1OCOC. The molecule has 28 heavy (non-hydrogen) atoms. The summed E-state index contributed by atoms with van der Waals surface area (Å²) in [5, 5.41) is 2.44. The lowest BCUT2D eigenvalue weighted by molar-refractivity contribution is 0.0513. The molecule has 1 atom stereocenters. The molecule has 0 radical (unpaired) electrons. The second-order valence-electron chi connectivity index (χ2n) is 6.61. The smallest absolute Gasteiger partial charge is 0.188 e. The Morgan fingerprint density at radius 3 is 2.54 bits per heavy atom. The summed E-state index contributed by atoms with van der Waals surface area (Å²) in [5.41, 5.74) is 4.83. The molecule has 0 saturated carbocycles. The van der Waals surface area contributed by atoms with E-state index in [1.54, 1.807) is 7.11 Å². The van der Waals surface area contributed by atoms with Crippen LogP contribution < -0.4 is 15.3 Å². The van der Waals surface area contributed by atoms with Crippen LogP contribution in [0.15, 0.2) is 71.7 Å². The molecular formula is C24H26NO2P. The quantitative estimate of drug-likeness (QED) is 0.327. The Balaban J connectivity index is 1.97. The molecule has 0 aromatic heterocycles. The van der Waals surface area contributed by atoms with Crippen molar-refractivity contribution in [3.63, 3.8) is 0 Å². The minimum absolute atomic E-state index is 0.237. The zero-order chi connectivity index (χ0) is 19.8. The van der Waals surface area contributed by atoms with E-state index in [1.807, 2.05) is 19.3 Å². The number of para-hydroxylation sites is 1. The van der Waals surface area contributed by atoms with Crippen LogP contribution in [0.3, 0.4) is 0 Å². The molecule has 0 spiro atoms. The number of aryl methyl sites for hydroxylation is 1. The number of benzene rings is 3. The maximum atomic E-state index is 6.04. The van der Waals surface area contributed by atoms with E-state index in [-0.39, 0.29) is 6.79 Å². The van der Waals surface area contributed by atoms with E-state index in [4.69, 9.17) is 9.47 Å². The van der Waals surface area contributed by atoms with Crippen LogP contribution >= 0.6 is 8.58 Å². The largest absolute Gasteiger partial charge is 0.467 e. The van der Waals surface area contributed by atoms with Crippen LogP contribution in [0, 0.1) is 6.92 Å². The second kappa shape index (κ2) is 10.2. The Morgan fingerprint density at radius 1 is 0.964 bits per heavy atom. The molecule has 0 amide bonds. The third kappa shape index (κ3) is 5.28. The van der Waals surface area contributed by atoms with Gasteiger partial charge in [-0.25, -0.2) is 0 Å². The van der Waals surface area contributed by atoms with Crippen molar-refractivity contribution in [2.75, 3.05) is 21.0 Å². The van der Waals surface area contributed by atoms with Gasteiger partial charge in [0.1, 0.15) is 5.75 Å². The van der Waals surface area contributed by atoms with Crippen molar-refractivity contribution in [3.8, 4) is 5.75 Å². The van der Waals surface area contributed by atoms with Crippen LogP contribution in [0.4, 0.5) is 0 Å². The molecule has 0 bridgehead atoms. The van der Waals surface area contributed by atoms with Crippen LogP contribution in [0.1, 0.15) is 22.3 Å². The van der Waals surface area contributed by atoms with Crippen LogP contribution in [0.2, 0.25) is 0 Å². The van der Waals surface area contributed by atoms with Crippen molar-refractivity contribution >= 4 is 25.4 Å². The van der Waals surface area contributed by atoms with Crippen molar-refractivity contribution < 1.29 is 9.47 Å². The third-order valence-electron chi connectivity index (χ3n) is 4.40. The molecule has 0 aliphatic carbocycles. The summed E-state index contributed by atoms with van der Waals surface area (Å²) in [4.78, 5) is 4.22. The maximum Gasteiger partial charge on any atom is 0.188 e. The molecule has 3 aromatic carbocycles. The predicted octanol–water partition coefficient (Wildman–Crippen LogP) is 4.25. The molecule has 3 aromatic rings. The molecule has 0 heterocycles. The van der Waals surface area contributed by atoms with Crippen molar-refractivity contribution in [1.82, 2.24) is 0 Å². The van der Waals surface area contributed by atoms with Gasteiger partial charge in [0.25, 0.3) is 0 Å². The minimum atomic E-state index is 0.237. The van der Waals surface area contributed by atoms with E-state index in [0.29, 0.717) is 8.58 Å². The number of ether oxygens (including phenoxy) is 2. The number of hydrogen-bond acceptors (Lipinski definition) is 3. The van der Waals surface area contributed by atoms with Gasteiger partial charge in [-0.05, 0) is 29.4 Å². The number of rotatable bonds is 8. The summed E-state index contributed by atoms with van der Waals surface area (Å²) in [5.74, 6) is 0.923. The lowest BCUT2D eigenvalue weighted by Gasteiger charge is -2.17. The van der Waals surface area contributed by atoms with Gasteiger partial charge in [0.2, 0.25) is 0 Å². The highest BCUT2D eigenvalue weighted by atomic mass is 31.1. The fraction of sp³-hybridized carbons (Fsp3) is 0.208. The van der Waals surface area contributed by atoms with Crippen molar-refractivity contribution in [3.05, 3.63) is 89.0 Å². The fourth-order valence-corrected chi connectivity index (χ4v) is 4.38. The Hall–Kier alpha value is -2.48. The standard InChI is InChI=1S/C24H26NO2P/c1-18-12-13-22(21(14-18)16-25-2)28-23-11-7-10-20(24(23)27-17-26-3)15-19-8-5-4-6-9-19/h4-14,16,28H,15,17H2,1-3H3. The van der Waals surface area contributed by atoms with E-state index < -0.39 is 0 Å². The van der Waals surface area contributed by atoms with Gasteiger partial charge in [0.15, 0.2) is 6.79 Å². The Kier molecular flexibility index (Phi) is 7.36. The number of methoxy groups -OCH3 is 1. The van der Waals surface area contributed by atoms with E-state index in [1.165, 1.54) is 27.3 Å². The average molecular weight is 391 g/mol. The molecular weight excluding hydrogens is 365 g/mol. The van der Waals surface area contributed by atoms with Gasteiger partial charge in [-0.2, -0.15) is 0 Å². The van der Waals surface area contributed by atoms with E-state index in [9.17, 15) is 0 Å². The van der Waals surface area contributed by atoms with E-state index >= 15 is 0 Å². The summed E-state index contributed by atoms with van der Waals surface area (Å²) in [6.07, 6.45) is 2.76. The number of aliphatic imine (C=N–C) groups is 1. The first kappa shape index (κ1) is 20.3. The van der Waals surface area contributed by atoms with Crippen LogP contribution in [-0.2, 0) is 11.2 Å². The Labute approximate surface area is 169 Å². The predicted molar refractivity (Wildman–Crippen MR) is 120 cm³/mol. The van der Waals surface area contributed by atoms with Gasteiger partial charge in [-0.15, -0.1) is 0 Å². The number of hydrogen-bond donors (Lipinski definition) is 0. The summed E-state index contributed by atoms with van der Waals surface area (Å²) < 4.78 is 11.2. The molecule has 0 saturated heterocycles. The van der Waals surface area contributed by atoms with Gasteiger partial charge < -0.3 is 9.47 Å². The highest BCUT2D eigenvalue weighted by molar-refractivity contribution is 7.56. The van der Waals surface area contributed by atoms with Crippen LogP contribution in [0.5, 0.6) is 5.75 Å². The summed E-state index contributed by atoms with van der Waals surface area (Å²) in [7, 11) is 3.94. The summed E-state index contributed by atoms with van der Waals surface area (Å²) >= 11 is 0. The highest BCUT2D eigenvalue weighted by Gasteiger charge is 2.13.